The second-order valence-electron chi connectivity index (χ2n) is 8.12. The van der Waals surface area contributed by atoms with Crippen LogP contribution in [0.15, 0.2) is 85.1 Å². The van der Waals surface area contributed by atoms with Crippen molar-refractivity contribution in [2.24, 2.45) is 0 Å². The lowest BCUT2D eigenvalue weighted by Gasteiger charge is -2.18. The zero-order valence-corrected chi connectivity index (χ0v) is 17.6. The molecule has 32 heavy (non-hydrogen) atoms. The van der Waals surface area contributed by atoms with Crippen LogP contribution >= 0.6 is 0 Å². The third-order valence-corrected chi connectivity index (χ3v) is 5.94. The van der Waals surface area contributed by atoms with Crippen molar-refractivity contribution < 1.29 is 19.4 Å². The van der Waals surface area contributed by atoms with Crippen LogP contribution in [0.25, 0.3) is 10.9 Å². The molecule has 0 spiro atoms. The molecule has 5 rings (SSSR count). The summed E-state index contributed by atoms with van der Waals surface area (Å²) in [6.45, 7) is 0. The summed E-state index contributed by atoms with van der Waals surface area (Å²) >= 11 is 0. The molecule has 3 aromatic carbocycles. The van der Waals surface area contributed by atoms with Gasteiger partial charge in [0.2, 0.25) is 0 Å². The van der Waals surface area contributed by atoms with Gasteiger partial charge in [-0.25, -0.2) is 4.39 Å². The molecule has 1 aliphatic carbocycles. The fourth-order valence-corrected chi connectivity index (χ4v) is 4.20. The number of fused-ring (bicyclic) bond motifs is 1. The number of aliphatic hydroxyl groups is 2. The van der Waals surface area contributed by atoms with Crippen LogP contribution in [0, 0.1) is 5.82 Å². The monoisotopic (exact) mass is 431 g/mol. The molecule has 1 fully saturated rings. The largest absolute Gasteiger partial charge is 0.385 e. The Morgan fingerprint density at radius 1 is 0.875 bits per heavy atom. The smallest absolute Gasteiger partial charge is 0.133 e. The van der Waals surface area contributed by atoms with Crippen LogP contribution in [0.2, 0.25) is 0 Å². The molecule has 1 saturated carbocycles. The minimum absolute atomic E-state index is 0.224. The van der Waals surface area contributed by atoms with Gasteiger partial charge in [0.1, 0.15) is 23.8 Å². The van der Waals surface area contributed by atoms with E-state index in [0.717, 1.165) is 34.0 Å². The zero-order valence-electron chi connectivity index (χ0n) is 17.6. The third kappa shape index (κ3) is 4.96. The maximum atomic E-state index is 13.2. The molecule has 1 aliphatic rings. The number of H-pyrrole nitrogens is 1. The van der Waals surface area contributed by atoms with E-state index in [2.05, 4.69) is 4.98 Å². The lowest BCUT2D eigenvalue weighted by molar-refractivity contribution is -0.117. The number of carbonyl (C=O) groups excluding carboxylic acids is 1. The average molecular weight is 432 g/mol. The Balaban J connectivity index is 0.000000153. The summed E-state index contributed by atoms with van der Waals surface area (Å²) in [7, 11) is 0. The molecule has 0 aliphatic heterocycles. The highest BCUT2D eigenvalue weighted by Gasteiger charge is 2.25. The number of rotatable bonds is 4. The van der Waals surface area contributed by atoms with Crippen LogP contribution in [0.4, 0.5) is 4.39 Å². The van der Waals surface area contributed by atoms with Gasteiger partial charge >= 0.3 is 0 Å². The molecule has 0 amide bonds. The molecule has 4 aromatic rings. The lowest BCUT2D eigenvalue weighted by Crippen LogP contribution is -2.09. The summed E-state index contributed by atoms with van der Waals surface area (Å²) in [6.07, 6.45) is 2.29. The molecule has 0 bridgehead atoms. The van der Waals surface area contributed by atoms with Gasteiger partial charge in [-0.15, -0.1) is 0 Å². The van der Waals surface area contributed by atoms with Crippen molar-refractivity contribution >= 4 is 16.7 Å². The number of aromatic amines is 1. The number of hydrogen-bond acceptors (Lipinski definition) is 3. The molecule has 3 N–H and O–H groups in total. The van der Waals surface area contributed by atoms with E-state index in [1.807, 2.05) is 42.6 Å². The Bertz CT molecular complexity index is 1130. The first-order valence-electron chi connectivity index (χ1n) is 10.8. The van der Waals surface area contributed by atoms with Crippen molar-refractivity contribution in [3.05, 3.63) is 108 Å². The van der Waals surface area contributed by atoms with Crippen LogP contribution in [-0.4, -0.2) is 21.0 Å². The van der Waals surface area contributed by atoms with Crippen molar-refractivity contribution in [2.75, 3.05) is 0 Å². The van der Waals surface area contributed by atoms with E-state index in [1.54, 1.807) is 36.4 Å². The minimum atomic E-state index is -0.886. The van der Waals surface area contributed by atoms with Gasteiger partial charge in [0.15, 0.2) is 0 Å². The summed E-state index contributed by atoms with van der Waals surface area (Å²) in [5, 5.41) is 20.9. The van der Waals surface area contributed by atoms with E-state index in [-0.39, 0.29) is 11.7 Å². The van der Waals surface area contributed by atoms with E-state index in [4.69, 9.17) is 0 Å². The molecule has 0 radical (unpaired) electrons. The number of Topliss-reactive ketones (excluding diaryl/α,β-unsaturated/α-hetero) is 1. The number of halogens is 1. The zero-order chi connectivity index (χ0) is 22.5. The number of hydrogen-bond donors (Lipinski definition) is 3. The van der Waals surface area contributed by atoms with E-state index >= 15 is 0 Å². The predicted molar refractivity (Wildman–Crippen MR) is 123 cm³/mol. The molecule has 1 aromatic heterocycles. The highest BCUT2D eigenvalue weighted by Crippen LogP contribution is 2.36. The Hall–Kier alpha value is -3.28. The number of benzene rings is 3. The summed E-state index contributed by atoms with van der Waals surface area (Å²) in [5.74, 6) is 0.358. The van der Waals surface area contributed by atoms with Gasteiger partial charge in [0, 0.05) is 29.9 Å². The van der Waals surface area contributed by atoms with Crippen LogP contribution in [0.3, 0.4) is 0 Å². The Morgan fingerprint density at radius 2 is 1.47 bits per heavy atom. The summed E-state index contributed by atoms with van der Waals surface area (Å²) in [5.41, 5.74) is 3.47. The summed E-state index contributed by atoms with van der Waals surface area (Å²) in [4.78, 5) is 14.4. The predicted octanol–water partition coefficient (Wildman–Crippen LogP) is 5.60. The average Bonchev–Trinajstić information content (AvgIpc) is 3.45. The van der Waals surface area contributed by atoms with Crippen molar-refractivity contribution in [3.8, 4) is 0 Å². The second-order valence-corrected chi connectivity index (χ2v) is 8.12. The topological polar surface area (TPSA) is 73.3 Å². The summed E-state index contributed by atoms with van der Waals surface area (Å²) < 4.78 is 13.2. The molecule has 0 unspecified atom stereocenters. The quantitative estimate of drug-likeness (QED) is 0.394. The van der Waals surface area contributed by atoms with E-state index in [0.29, 0.717) is 18.6 Å². The van der Waals surface area contributed by atoms with E-state index in [9.17, 15) is 19.4 Å². The molecular formula is C27H26FNO3. The number of carbonyl (C=O) groups is 1. The molecule has 0 saturated heterocycles. The van der Waals surface area contributed by atoms with Gasteiger partial charge in [0.25, 0.3) is 0 Å². The van der Waals surface area contributed by atoms with Gasteiger partial charge in [-0.3, -0.25) is 4.79 Å². The van der Waals surface area contributed by atoms with Gasteiger partial charge < -0.3 is 15.2 Å². The highest BCUT2D eigenvalue weighted by molar-refractivity contribution is 5.87. The van der Waals surface area contributed by atoms with Crippen LogP contribution in [0.5, 0.6) is 0 Å². The minimum Gasteiger partial charge on any atom is -0.385 e. The Morgan fingerprint density at radius 3 is 2.00 bits per heavy atom. The SMILES string of the molecule is O=C1CC[C@H](c2c[nH]c3ccc(F)cc23)C1.O[C@@H](c1ccccc1)[C@@H](O)c1ccccc1. The fourth-order valence-electron chi connectivity index (χ4n) is 4.20. The Labute approximate surface area is 186 Å². The molecule has 164 valence electrons. The van der Waals surface area contributed by atoms with Crippen molar-refractivity contribution in [3.63, 3.8) is 0 Å². The maximum absolute atomic E-state index is 13.2. The maximum Gasteiger partial charge on any atom is 0.133 e. The molecule has 1 heterocycles. The molecular weight excluding hydrogens is 405 g/mol. The lowest BCUT2D eigenvalue weighted by atomic mass is 9.97. The first-order valence-corrected chi connectivity index (χ1v) is 10.8. The van der Waals surface area contributed by atoms with Gasteiger partial charge in [-0.2, -0.15) is 0 Å². The van der Waals surface area contributed by atoms with Gasteiger partial charge in [-0.1, -0.05) is 60.7 Å². The third-order valence-electron chi connectivity index (χ3n) is 5.94. The first-order chi connectivity index (χ1) is 15.5. The van der Waals surface area contributed by atoms with Crippen molar-refractivity contribution in [1.82, 2.24) is 4.98 Å². The van der Waals surface area contributed by atoms with Crippen molar-refractivity contribution in [2.45, 2.75) is 37.4 Å². The number of aromatic nitrogens is 1. The van der Waals surface area contributed by atoms with E-state index < -0.39 is 12.2 Å². The van der Waals surface area contributed by atoms with Gasteiger partial charge in [-0.05, 0) is 47.2 Å². The normalized spacial score (nSPS) is 17.6. The second kappa shape index (κ2) is 9.90. The van der Waals surface area contributed by atoms with E-state index in [1.165, 1.54) is 6.07 Å². The molecule has 5 heteroatoms. The standard InChI is InChI=1S/C14H14O2.C13H12FNO/c15-13(11-7-3-1-4-8-11)14(16)12-9-5-2-6-10-12;14-9-2-4-13-11(6-9)12(7-15-13)8-1-3-10(16)5-8/h1-10,13-16H;2,4,6-8,15H,1,3,5H2/t13-,14-;8-/m00/s1. The van der Waals surface area contributed by atoms with Crippen molar-refractivity contribution in [1.29, 1.82) is 0 Å². The van der Waals surface area contributed by atoms with Gasteiger partial charge in [0.05, 0.1) is 0 Å². The fraction of sp³-hybridized carbons (Fsp3) is 0.222. The number of nitrogens with one attached hydrogen (secondary N) is 1. The van der Waals surface area contributed by atoms with Crippen LogP contribution < -0.4 is 0 Å². The molecule has 3 atom stereocenters. The number of aliphatic hydroxyl groups excluding tert-OH is 2. The Kier molecular flexibility index (Phi) is 6.78. The molecule has 4 nitrogen and oxygen atoms in total. The number of ketones is 1. The highest BCUT2D eigenvalue weighted by atomic mass is 19.1. The first kappa shape index (κ1) is 21.9. The van der Waals surface area contributed by atoms with Crippen LogP contribution in [0.1, 0.15) is 54.1 Å². The summed E-state index contributed by atoms with van der Waals surface area (Å²) in [6, 6.07) is 23.1. The van der Waals surface area contributed by atoms with Crippen LogP contribution in [-0.2, 0) is 4.79 Å².